The molecule has 2 heterocycles. The monoisotopic (exact) mass is 383 g/mol. The molecular formula is C22H29N3O3. The van der Waals surface area contributed by atoms with Crippen LogP contribution in [0.3, 0.4) is 0 Å². The fraction of sp³-hybridized carbons (Fsp3) is 0.500. The van der Waals surface area contributed by atoms with Gasteiger partial charge in [-0.3, -0.25) is 14.5 Å². The summed E-state index contributed by atoms with van der Waals surface area (Å²) >= 11 is 0. The fourth-order valence-corrected chi connectivity index (χ4v) is 3.77. The topological polar surface area (TPSA) is 64.4 Å². The number of amides is 1. The van der Waals surface area contributed by atoms with Crippen LogP contribution in [-0.2, 0) is 4.79 Å². The number of hydrogen-bond donors (Lipinski definition) is 0. The number of ether oxygens (including phenoxy) is 1. The lowest BCUT2D eigenvalue weighted by molar-refractivity contribution is -0.119. The van der Waals surface area contributed by atoms with Crippen molar-refractivity contribution in [3.05, 3.63) is 42.1 Å². The minimum atomic E-state index is 0.132. The van der Waals surface area contributed by atoms with Gasteiger partial charge in [-0.25, -0.2) is 4.68 Å². The van der Waals surface area contributed by atoms with Crippen molar-refractivity contribution >= 4 is 17.5 Å². The van der Waals surface area contributed by atoms with Crippen LogP contribution in [0, 0.1) is 0 Å². The van der Waals surface area contributed by atoms with Gasteiger partial charge in [0.2, 0.25) is 5.91 Å². The highest BCUT2D eigenvalue weighted by atomic mass is 16.5. The zero-order chi connectivity index (χ0) is 20.1. The van der Waals surface area contributed by atoms with Crippen molar-refractivity contribution in [3.8, 4) is 5.75 Å². The van der Waals surface area contributed by atoms with E-state index in [0.29, 0.717) is 31.1 Å². The molecule has 1 aliphatic heterocycles. The van der Waals surface area contributed by atoms with E-state index in [2.05, 4.69) is 18.9 Å². The van der Waals surface area contributed by atoms with Crippen molar-refractivity contribution < 1.29 is 14.3 Å². The number of carbonyl (C=O) groups excluding carboxylic acids is 2. The Morgan fingerprint density at radius 1 is 1.11 bits per heavy atom. The number of rotatable bonds is 8. The summed E-state index contributed by atoms with van der Waals surface area (Å²) in [6.45, 7) is 6.64. The van der Waals surface area contributed by atoms with Crippen molar-refractivity contribution in [3.63, 3.8) is 0 Å². The second kappa shape index (κ2) is 9.04. The van der Waals surface area contributed by atoms with Crippen molar-refractivity contribution in [1.29, 1.82) is 0 Å². The van der Waals surface area contributed by atoms with Gasteiger partial charge in [-0.15, -0.1) is 0 Å². The van der Waals surface area contributed by atoms with Crippen LogP contribution in [0.25, 0.3) is 0 Å². The molecule has 3 rings (SSSR count). The van der Waals surface area contributed by atoms with E-state index < -0.39 is 0 Å². The van der Waals surface area contributed by atoms with E-state index in [1.54, 1.807) is 18.3 Å². The molecular weight excluding hydrogens is 354 g/mol. The first-order chi connectivity index (χ1) is 13.5. The molecule has 0 N–H and O–H groups in total. The average molecular weight is 383 g/mol. The molecule has 0 radical (unpaired) electrons. The van der Waals surface area contributed by atoms with Crippen LogP contribution in [0.4, 0.5) is 5.82 Å². The molecule has 0 aliphatic carbocycles. The van der Waals surface area contributed by atoms with E-state index in [1.165, 1.54) is 0 Å². The van der Waals surface area contributed by atoms with Crippen LogP contribution in [0.15, 0.2) is 36.5 Å². The average Bonchev–Trinajstić information content (AvgIpc) is 3.17. The molecule has 1 aliphatic rings. The molecule has 2 atom stereocenters. The number of hydrogen-bond acceptors (Lipinski definition) is 4. The molecule has 28 heavy (non-hydrogen) atoms. The first-order valence-corrected chi connectivity index (χ1v) is 10.1. The smallest absolute Gasteiger partial charge is 0.228 e. The molecule has 0 fully saturated rings. The van der Waals surface area contributed by atoms with Crippen LogP contribution in [-0.4, -0.2) is 34.1 Å². The van der Waals surface area contributed by atoms with Crippen LogP contribution < -0.4 is 9.64 Å². The highest BCUT2D eigenvalue weighted by Crippen LogP contribution is 2.31. The first-order valence-electron chi connectivity index (χ1n) is 10.1. The van der Waals surface area contributed by atoms with E-state index in [4.69, 9.17) is 4.74 Å². The highest BCUT2D eigenvalue weighted by Gasteiger charge is 2.31. The Kier molecular flexibility index (Phi) is 6.49. The second-order valence-corrected chi connectivity index (χ2v) is 7.44. The molecule has 0 bridgehead atoms. The molecule has 150 valence electrons. The Hall–Kier alpha value is -2.63. The van der Waals surface area contributed by atoms with Gasteiger partial charge >= 0.3 is 0 Å². The normalized spacial score (nSPS) is 18.6. The van der Waals surface area contributed by atoms with E-state index >= 15 is 0 Å². The lowest BCUT2D eigenvalue weighted by Crippen LogP contribution is -2.44. The molecule has 0 spiro atoms. The quantitative estimate of drug-likeness (QED) is 0.500. The third-order valence-electron chi connectivity index (χ3n) is 5.26. The molecule has 1 aromatic heterocycles. The van der Waals surface area contributed by atoms with Gasteiger partial charge in [-0.2, -0.15) is 5.10 Å². The van der Waals surface area contributed by atoms with Crippen LogP contribution >= 0.6 is 0 Å². The van der Waals surface area contributed by atoms with Crippen LogP contribution in [0.2, 0.25) is 0 Å². The second-order valence-electron chi connectivity index (χ2n) is 7.44. The molecule has 0 saturated carbocycles. The molecule has 1 amide bonds. The Morgan fingerprint density at radius 2 is 1.86 bits per heavy atom. The summed E-state index contributed by atoms with van der Waals surface area (Å²) in [4.78, 5) is 26.3. The maximum absolute atomic E-state index is 12.8. The van der Waals surface area contributed by atoms with Crippen molar-refractivity contribution in [1.82, 2.24) is 9.78 Å². The van der Waals surface area contributed by atoms with Gasteiger partial charge in [-0.05, 0) is 57.4 Å². The molecule has 0 saturated heterocycles. The Labute approximate surface area is 166 Å². The third kappa shape index (κ3) is 4.43. The van der Waals surface area contributed by atoms with Gasteiger partial charge in [0.1, 0.15) is 11.6 Å². The van der Waals surface area contributed by atoms with Gasteiger partial charge < -0.3 is 4.74 Å². The van der Waals surface area contributed by atoms with Crippen LogP contribution in [0.1, 0.15) is 69.3 Å². The first kappa shape index (κ1) is 20.1. The van der Waals surface area contributed by atoms with Gasteiger partial charge in [0.15, 0.2) is 5.78 Å². The number of carbonyl (C=O) groups is 2. The van der Waals surface area contributed by atoms with E-state index in [0.717, 1.165) is 30.8 Å². The predicted octanol–water partition coefficient (Wildman–Crippen LogP) is 4.41. The van der Waals surface area contributed by atoms with E-state index in [1.807, 2.05) is 34.7 Å². The summed E-state index contributed by atoms with van der Waals surface area (Å²) in [6.07, 6.45) is 5.26. The van der Waals surface area contributed by atoms with Crippen molar-refractivity contribution in [2.75, 3.05) is 11.5 Å². The summed E-state index contributed by atoms with van der Waals surface area (Å²) in [5, 5.41) is 4.35. The van der Waals surface area contributed by atoms with Crippen molar-refractivity contribution in [2.24, 2.45) is 0 Å². The van der Waals surface area contributed by atoms with Gasteiger partial charge in [-0.1, -0.05) is 6.92 Å². The number of nitrogens with zero attached hydrogens (tertiary/aromatic N) is 3. The largest absolute Gasteiger partial charge is 0.494 e. The number of anilines is 1. The maximum Gasteiger partial charge on any atom is 0.228 e. The molecule has 0 unspecified atom stereocenters. The lowest BCUT2D eigenvalue weighted by atomic mass is 10.0. The Bertz CT molecular complexity index is 813. The van der Waals surface area contributed by atoms with E-state index in [-0.39, 0.29) is 17.7 Å². The highest BCUT2D eigenvalue weighted by molar-refractivity contribution is 5.96. The third-order valence-corrected chi connectivity index (χ3v) is 5.26. The summed E-state index contributed by atoms with van der Waals surface area (Å²) in [6, 6.07) is 9.67. The van der Waals surface area contributed by atoms with Gasteiger partial charge in [0.05, 0.1) is 18.8 Å². The lowest BCUT2D eigenvalue weighted by Gasteiger charge is -2.37. The zero-order valence-corrected chi connectivity index (χ0v) is 16.9. The minimum absolute atomic E-state index is 0.132. The maximum atomic E-state index is 12.8. The van der Waals surface area contributed by atoms with Gasteiger partial charge in [0.25, 0.3) is 0 Å². The standard InChI is InChI=1S/C22H29N3O3/c1-4-20(26)18-8-10-19(11-9-18)28-14-6-5-7-22(27)24-16(2)15-17(3)25-21(24)12-13-23-25/h8-13,16-17H,4-7,14-15H2,1-3H3/t16-,17-/m0/s1. The molecule has 6 heteroatoms. The number of Topliss-reactive ketones (excluding diaryl/α,β-unsaturated/α-hetero) is 1. The summed E-state index contributed by atoms with van der Waals surface area (Å²) in [5.74, 6) is 1.92. The zero-order valence-electron chi connectivity index (χ0n) is 16.9. The summed E-state index contributed by atoms with van der Waals surface area (Å²) < 4.78 is 7.67. The number of ketones is 1. The number of fused-ring (bicyclic) bond motifs is 1. The molecule has 1 aromatic carbocycles. The number of benzene rings is 1. The Balaban J connectivity index is 1.44. The SMILES string of the molecule is CCC(=O)c1ccc(OCCCCC(=O)N2c3ccnn3[C@@H](C)C[C@@H]2C)cc1. The number of unbranched alkanes of at least 4 members (excludes halogenated alkanes) is 1. The number of aromatic nitrogens is 2. The van der Waals surface area contributed by atoms with Crippen LogP contribution in [0.5, 0.6) is 5.75 Å². The van der Waals surface area contributed by atoms with E-state index in [9.17, 15) is 9.59 Å². The Morgan fingerprint density at radius 3 is 2.57 bits per heavy atom. The van der Waals surface area contributed by atoms with Crippen molar-refractivity contribution in [2.45, 2.75) is 65.0 Å². The summed E-state index contributed by atoms with van der Waals surface area (Å²) in [5.41, 5.74) is 0.713. The molecule has 2 aromatic rings. The summed E-state index contributed by atoms with van der Waals surface area (Å²) in [7, 11) is 0. The van der Waals surface area contributed by atoms with Gasteiger partial charge in [0, 0.05) is 30.5 Å². The molecule has 6 nitrogen and oxygen atoms in total. The minimum Gasteiger partial charge on any atom is -0.494 e. The predicted molar refractivity (Wildman–Crippen MR) is 109 cm³/mol. The fourth-order valence-electron chi connectivity index (χ4n) is 3.77.